The number of aromatic nitrogens is 1. The first kappa shape index (κ1) is 7.53. The molecule has 56 valence electrons. The molecular weight excluding hydrogens is 144 g/mol. The van der Waals surface area contributed by atoms with E-state index in [9.17, 15) is 0 Å². The van der Waals surface area contributed by atoms with Crippen molar-refractivity contribution >= 4 is 5.69 Å². The lowest BCUT2D eigenvalue weighted by Gasteiger charge is -1.93. The van der Waals surface area contributed by atoms with E-state index in [4.69, 9.17) is 10.6 Å². The zero-order valence-electron chi connectivity index (χ0n) is 5.68. The van der Waals surface area contributed by atoms with Gasteiger partial charge in [-0.1, -0.05) is 5.11 Å². The molecule has 0 aromatic carbocycles. The lowest BCUT2D eigenvalue weighted by Crippen LogP contribution is -1.85. The van der Waals surface area contributed by atoms with Crippen LogP contribution in [0.4, 0.5) is 5.69 Å². The number of rotatable bonds is 2. The monoisotopic (exact) mass is 150 g/mol. The maximum absolute atomic E-state index is 8.63. The van der Waals surface area contributed by atoms with E-state index in [-0.39, 0.29) is 6.61 Å². The molecule has 0 bridgehead atoms. The van der Waals surface area contributed by atoms with Crippen molar-refractivity contribution in [3.8, 4) is 0 Å². The molecule has 1 aromatic rings. The third kappa shape index (κ3) is 1.93. The number of hydrogen-bond donors (Lipinski definition) is 1. The fraction of sp³-hybridized carbons (Fsp3) is 0.167. The van der Waals surface area contributed by atoms with Gasteiger partial charge in [0.25, 0.3) is 0 Å². The predicted molar refractivity (Wildman–Crippen MR) is 39.0 cm³/mol. The molecule has 0 unspecified atom stereocenters. The summed E-state index contributed by atoms with van der Waals surface area (Å²) in [5.74, 6) is 0. The van der Waals surface area contributed by atoms with Crippen LogP contribution in [0.2, 0.25) is 0 Å². The van der Waals surface area contributed by atoms with E-state index in [1.54, 1.807) is 6.07 Å². The summed E-state index contributed by atoms with van der Waals surface area (Å²) in [5.41, 5.74) is 9.02. The number of hydrogen-bond acceptors (Lipinski definition) is 3. The Morgan fingerprint density at radius 2 is 2.55 bits per heavy atom. The molecule has 5 nitrogen and oxygen atoms in total. The van der Waals surface area contributed by atoms with E-state index >= 15 is 0 Å². The van der Waals surface area contributed by atoms with Crippen molar-refractivity contribution in [2.45, 2.75) is 6.61 Å². The maximum atomic E-state index is 8.63. The Hall–Kier alpha value is -1.58. The zero-order chi connectivity index (χ0) is 8.10. The second-order valence-corrected chi connectivity index (χ2v) is 1.85. The van der Waals surface area contributed by atoms with Crippen molar-refractivity contribution in [2.24, 2.45) is 5.11 Å². The van der Waals surface area contributed by atoms with Gasteiger partial charge in [-0.2, -0.15) is 0 Å². The van der Waals surface area contributed by atoms with Gasteiger partial charge in [-0.05, 0) is 17.7 Å². The second-order valence-electron chi connectivity index (χ2n) is 1.85. The van der Waals surface area contributed by atoms with Gasteiger partial charge in [-0.3, -0.25) is 4.98 Å². The Labute approximate surface area is 62.9 Å². The normalized spacial score (nSPS) is 8.82. The second kappa shape index (κ2) is 3.55. The summed E-state index contributed by atoms with van der Waals surface area (Å²) in [6.07, 6.45) is 1.48. The van der Waals surface area contributed by atoms with Crippen LogP contribution in [0.1, 0.15) is 5.69 Å². The average molecular weight is 150 g/mol. The minimum atomic E-state index is -0.144. The van der Waals surface area contributed by atoms with Gasteiger partial charge in [-0.25, -0.2) is 0 Å². The van der Waals surface area contributed by atoms with Crippen LogP contribution in [0.5, 0.6) is 0 Å². The van der Waals surface area contributed by atoms with Crippen LogP contribution < -0.4 is 0 Å². The van der Waals surface area contributed by atoms with Crippen LogP contribution >= 0.6 is 0 Å². The molecule has 1 N–H and O–H groups in total. The van der Waals surface area contributed by atoms with Crippen molar-refractivity contribution < 1.29 is 5.11 Å². The fourth-order valence-corrected chi connectivity index (χ4v) is 0.666. The summed E-state index contributed by atoms with van der Waals surface area (Å²) in [7, 11) is 0. The summed E-state index contributed by atoms with van der Waals surface area (Å²) in [6.45, 7) is -0.144. The Bertz CT molecular complexity index is 292. The topological polar surface area (TPSA) is 81.9 Å². The molecule has 0 atom stereocenters. The van der Waals surface area contributed by atoms with Gasteiger partial charge < -0.3 is 5.11 Å². The molecule has 0 aliphatic carbocycles. The molecule has 0 aliphatic heterocycles. The lowest BCUT2D eigenvalue weighted by atomic mass is 10.3. The Morgan fingerprint density at radius 1 is 1.73 bits per heavy atom. The van der Waals surface area contributed by atoms with E-state index in [0.717, 1.165) is 0 Å². The summed E-state index contributed by atoms with van der Waals surface area (Å²) in [6, 6.07) is 3.10. The van der Waals surface area contributed by atoms with Crippen LogP contribution in [0, 0.1) is 0 Å². The highest BCUT2D eigenvalue weighted by atomic mass is 16.3. The van der Waals surface area contributed by atoms with Gasteiger partial charge in [0.2, 0.25) is 0 Å². The van der Waals surface area contributed by atoms with E-state index in [0.29, 0.717) is 11.4 Å². The molecule has 0 aliphatic rings. The van der Waals surface area contributed by atoms with Gasteiger partial charge in [0.05, 0.1) is 12.3 Å². The van der Waals surface area contributed by atoms with Crippen molar-refractivity contribution in [2.75, 3.05) is 0 Å². The Kier molecular flexibility index (Phi) is 2.43. The minimum absolute atomic E-state index is 0.144. The molecule has 11 heavy (non-hydrogen) atoms. The van der Waals surface area contributed by atoms with E-state index in [1.165, 1.54) is 12.3 Å². The van der Waals surface area contributed by atoms with Gasteiger partial charge in [0, 0.05) is 16.8 Å². The van der Waals surface area contributed by atoms with Crippen LogP contribution in [-0.2, 0) is 6.61 Å². The number of aliphatic hydroxyl groups is 1. The molecule has 5 heteroatoms. The van der Waals surface area contributed by atoms with Crippen LogP contribution in [0.25, 0.3) is 10.4 Å². The highest BCUT2D eigenvalue weighted by Crippen LogP contribution is 2.11. The molecule has 0 spiro atoms. The Morgan fingerprint density at radius 3 is 3.18 bits per heavy atom. The standard InChI is InChI=1S/C6H6N4O/c7-10-9-5-1-2-8-6(3-5)4-11/h1-3,11H,4H2. The van der Waals surface area contributed by atoms with Gasteiger partial charge in [-0.15, -0.1) is 0 Å². The highest BCUT2D eigenvalue weighted by molar-refractivity contribution is 5.36. The number of azide groups is 1. The number of pyridine rings is 1. The molecule has 0 saturated carbocycles. The SMILES string of the molecule is [N-]=[N+]=Nc1ccnc(CO)c1. The average Bonchev–Trinajstić information content (AvgIpc) is 2.06. The maximum Gasteiger partial charge on any atom is 0.0853 e. The third-order valence-electron chi connectivity index (χ3n) is 1.12. The summed E-state index contributed by atoms with van der Waals surface area (Å²) in [4.78, 5) is 6.40. The molecule has 0 saturated heterocycles. The molecule has 1 rings (SSSR count). The summed E-state index contributed by atoms with van der Waals surface area (Å²) >= 11 is 0. The fourth-order valence-electron chi connectivity index (χ4n) is 0.666. The smallest absolute Gasteiger partial charge is 0.0853 e. The largest absolute Gasteiger partial charge is 0.390 e. The van der Waals surface area contributed by atoms with E-state index in [1.807, 2.05) is 0 Å². The predicted octanol–water partition coefficient (Wildman–Crippen LogP) is 1.52. The van der Waals surface area contributed by atoms with Crippen molar-refractivity contribution in [1.82, 2.24) is 4.98 Å². The lowest BCUT2D eigenvalue weighted by molar-refractivity contribution is 0.277. The first-order valence-corrected chi connectivity index (χ1v) is 2.97. The van der Waals surface area contributed by atoms with Crippen molar-refractivity contribution in [3.63, 3.8) is 0 Å². The molecule has 0 radical (unpaired) electrons. The molecule has 0 amide bonds. The minimum Gasteiger partial charge on any atom is -0.390 e. The van der Waals surface area contributed by atoms with E-state index < -0.39 is 0 Å². The van der Waals surface area contributed by atoms with Gasteiger partial charge in [0.1, 0.15) is 0 Å². The third-order valence-corrected chi connectivity index (χ3v) is 1.12. The van der Waals surface area contributed by atoms with Crippen molar-refractivity contribution in [3.05, 3.63) is 34.5 Å². The number of aliphatic hydroxyl groups excluding tert-OH is 1. The van der Waals surface area contributed by atoms with E-state index in [2.05, 4.69) is 15.0 Å². The van der Waals surface area contributed by atoms with Gasteiger partial charge >= 0.3 is 0 Å². The molecule has 0 fully saturated rings. The van der Waals surface area contributed by atoms with Gasteiger partial charge in [0.15, 0.2) is 0 Å². The Balaban J connectivity index is 3.00. The first-order valence-electron chi connectivity index (χ1n) is 2.97. The first-order chi connectivity index (χ1) is 5.36. The van der Waals surface area contributed by atoms with Crippen LogP contribution in [0.3, 0.4) is 0 Å². The van der Waals surface area contributed by atoms with Crippen LogP contribution in [0.15, 0.2) is 23.4 Å². The summed E-state index contributed by atoms with van der Waals surface area (Å²) in [5, 5.41) is 12.0. The molecule has 1 aromatic heterocycles. The summed E-state index contributed by atoms with van der Waals surface area (Å²) < 4.78 is 0. The highest BCUT2D eigenvalue weighted by Gasteiger charge is 1.91. The zero-order valence-corrected chi connectivity index (χ0v) is 5.68. The quantitative estimate of drug-likeness (QED) is 0.393. The van der Waals surface area contributed by atoms with Crippen LogP contribution in [-0.4, -0.2) is 10.1 Å². The molecule has 1 heterocycles. The van der Waals surface area contributed by atoms with Crippen molar-refractivity contribution in [1.29, 1.82) is 0 Å². The molecular formula is C6H6N4O. The number of nitrogens with zero attached hydrogens (tertiary/aromatic N) is 4.